The van der Waals surface area contributed by atoms with Crippen LogP contribution in [0.25, 0.3) is 0 Å². The highest BCUT2D eigenvalue weighted by molar-refractivity contribution is 5.78. The van der Waals surface area contributed by atoms with E-state index in [1.54, 1.807) is 41.4 Å². The lowest BCUT2D eigenvalue weighted by atomic mass is 10.2. The van der Waals surface area contributed by atoms with E-state index in [1.807, 2.05) is 42.5 Å². The van der Waals surface area contributed by atoms with Gasteiger partial charge in [-0.25, -0.2) is 15.0 Å². The number of hydrogen-bond donors (Lipinski definition) is 1. The van der Waals surface area contributed by atoms with Gasteiger partial charge in [-0.3, -0.25) is 10.1 Å². The number of hydrogen-bond acceptors (Lipinski definition) is 8. The minimum absolute atomic E-state index is 0.0542. The predicted octanol–water partition coefficient (Wildman–Crippen LogP) is 4.87. The first-order valence-electron chi connectivity index (χ1n) is 9.79. The summed E-state index contributed by atoms with van der Waals surface area (Å²) in [7, 11) is 1.53. The summed E-state index contributed by atoms with van der Waals surface area (Å²) >= 11 is 0. The Labute approximate surface area is 184 Å². The number of aromatic nitrogens is 3. The van der Waals surface area contributed by atoms with Crippen LogP contribution in [0.1, 0.15) is 5.56 Å². The van der Waals surface area contributed by atoms with E-state index in [2.05, 4.69) is 20.3 Å². The number of ether oxygens (including phenoxy) is 1. The first-order chi connectivity index (χ1) is 15.7. The molecule has 0 aliphatic rings. The highest BCUT2D eigenvalue weighted by Gasteiger charge is 2.29. The summed E-state index contributed by atoms with van der Waals surface area (Å²) in [5.41, 5.74) is 1.24. The summed E-state index contributed by atoms with van der Waals surface area (Å²) in [6.07, 6.45) is 2.93. The van der Waals surface area contributed by atoms with Crippen LogP contribution >= 0.6 is 0 Å². The number of nitrogens with zero attached hydrogens (tertiary/aromatic N) is 5. The Bertz CT molecular complexity index is 1200. The van der Waals surface area contributed by atoms with Crippen molar-refractivity contribution in [3.8, 4) is 5.75 Å². The summed E-state index contributed by atoms with van der Waals surface area (Å²) in [6.45, 7) is 0.337. The molecule has 0 fully saturated rings. The maximum Gasteiger partial charge on any atom is 0.354 e. The maximum absolute atomic E-state index is 12.2. The smallest absolute Gasteiger partial charge is 0.354 e. The van der Waals surface area contributed by atoms with Gasteiger partial charge in [0.15, 0.2) is 0 Å². The van der Waals surface area contributed by atoms with Gasteiger partial charge in [0.2, 0.25) is 11.6 Å². The Hall–Kier alpha value is -4.53. The highest BCUT2D eigenvalue weighted by atomic mass is 16.6. The summed E-state index contributed by atoms with van der Waals surface area (Å²) in [5, 5.41) is 15.2. The molecule has 0 saturated carbocycles. The molecule has 0 spiro atoms. The third-order valence-electron chi connectivity index (χ3n) is 4.71. The van der Waals surface area contributed by atoms with E-state index in [0.29, 0.717) is 23.8 Å². The fourth-order valence-electron chi connectivity index (χ4n) is 3.25. The lowest BCUT2D eigenvalue weighted by Gasteiger charge is -2.23. The van der Waals surface area contributed by atoms with Crippen molar-refractivity contribution >= 4 is 28.8 Å². The highest BCUT2D eigenvalue weighted by Crippen LogP contribution is 2.38. The summed E-state index contributed by atoms with van der Waals surface area (Å²) in [4.78, 5) is 26.2. The molecule has 4 rings (SSSR count). The SMILES string of the molecule is COc1ccccc1Nc1ncnc(N(Cc2ccccc2)c2ccccn2)c1[N+](=O)[O-]. The number of pyridine rings is 1. The zero-order chi connectivity index (χ0) is 22.3. The van der Waals surface area contributed by atoms with Crippen molar-refractivity contribution in [1.82, 2.24) is 15.0 Å². The largest absolute Gasteiger partial charge is 0.495 e. The molecule has 9 heteroatoms. The van der Waals surface area contributed by atoms with E-state index < -0.39 is 4.92 Å². The normalized spacial score (nSPS) is 10.4. The van der Waals surface area contributed by atoms with Gasteiger partial charge in [-0.15, -0.1) is 0 Å². The van der Waals surface area contributed by atoms with Crippen molar-refractivity contribution in [3.05, 3.63) is 101 Å². The molecule has 2 aromatic carbocycles. The molecule has 2 aromatic heterocycles. The molecule has 0 atom stereocenters. The zero-order valence-corrected chi connectivity index (χ0v) is 17.3. The molecular formula is C23H20N6O3. The van der Waals surface area contributed by atoms with Crippen LogP contribution in [0.4, 0.5) is 28.8 Å². The standard InChI is InChI=1S/C23H20N6O3/c1-32-19-12-6-5-11-18(19)27-22-21(29(30)31)23(26-16-25-22)28(20-13-7-8-14-24-20)15-17-9-3-2-4-10-17/h2-14,16H,15H2,1H3,(H,25,26,27). The fourth-order valence-corrected chi connectivity index (χ4v) is 3.25. The van der Waals surface area contributed by atoms with Crippen molar-refractivity contribution in [2.45, 2.75) is 6.54 Å². The molecule has 32 heavy (non-hydrogen) atoms. The summed E-state index contributed by atoms with van der Waals surface area (Å²) < 4.78 is 5.35. The minimum atomic E-state index is -0.492. The lowest BCUT2D eigenvalue weighted by molar-refractivity contribution is -0.383. The van der Waals surface area contributed by atoms with Gasteiger partial charge in [-0.1, -0.05) is 48.5 Å². The average molecular weight is 428 g/mol. The maximum atomic E-state index is 12.2. The molecule has 9 nitrogen and oxygen atoms in total. The third kappa shape index (κ3) is 4.46. The van der Waals surface area contributed by atoms with Crippen LogP contribution in [0.2, 0.25) is 0 Å². The number of methoxy groups -OCH3 is 1. The van der Waals surface area contributed by atoms with Crippen LogP contribution in [0, 0.1) is 10.1 Å². The molecule has 0 saturated heterocycles. The summed E-state index contributed by atoms with van der Waals surface area (Å²) in [5.74, 6) is 1.25. The molecule has 0 amide bonds. The molecule has 0 aliphatic carbocycles. The Morgan fingerprint density at radius 3 is 2.44 bits per heavy atom. The summed E-state index contributed by atoms with van der Waals surface area (Å²) in [6, 6.07) is 22.1. The third-order valence-corrected chi connectivity index (χ3v) is 4.71. The molecule has 2 heterocycles. The second-order valence-electron chi connectivity index (χ2n) is 6.74. The van der Waals surface area contributed by atoms with Crippen molar-refractivity contribution in [2.24, 2.45) is 0 Å². The van der Waals surface area contributed by atoms with Crippen LogP contribution in [0.3, 0.4) is 0 Å². The second kappa shape index (κ2) is 9.52. The number of para-hydroxylation sites is 2. The van der Waals surface area contributed by atoms with E-state index in [9.17, 15) is 10.1 Å². The van der Waals surface area contributed by atoms with Gasteiger partial charge < -0.3 is 15.0 Å². The molecule has 1 N–H and O–H groups in total. The van der Waals surface area contributed by atoms with Gasteiger partial charge in [0.05, 0.1) is 24.3 Å². The molecule has 0 radical (unpaired) electrons. The molecule has 0 aliphatic heterocycles. The van der Waals surface area contributed by atoms with Crippen LogP contribution in [0.15, 0.2) is 85.3 Å². The number of benzene rings is 2. The molecule has 4 aromatic rings. The van der Waals surface area contributed by atoms with Crippen molar-refractivity contribution in [3.63, 3.8) is 0 Å². The molecule has 0 bridgehead atoms. The minimum Gasteiger partial charge on any atom is -0.495 e. The lowest BCUT2D eigenvalue weighted by Crippen LogP contribution is -2.21. The van der Waals surface area contributed by atoms with Gasteiger partial charge in [0.25, 0.3) is 0 Å². The number of anilines is 4. The van der Waals surface area contributed by atoms with E-state index in [1.165, 1.54) is 13.4 Å². The topological polar surface area (TPSA) is 106 Å². The van der Waals surface area contributed by atoms with Crippen molar-refractivity contribution in [2.75, 3.05) is 17.3 Å². The van der Waals surface area contributed by atoms with Crippen molar-refractivity contribution < 1.29 is 9.66 Å². The quantitative estimate of drug-likeness (QED) is 0.313. The molecule has 160 valence electrons. The zero-order valence-electron chi connectivity index (χ0n) is 17.3. The van der Waals surface area contributed by atoms with Crippen LogP contribution in [0.5, 0.6) is 5.75 Å². The monoisotopic (exact) mass is 428 g/mol. The number of nitrogens with one attached hydrogen (secondary N) is 1. The van der Waals surface area contributed by atoms with Gasteiger partial charge >= 0.3 is 5.69 Å². The van der Waals surface area contributed by atoms with Crippen molar-refractivity contribution in [1.29, 1.82) is 0 Å². The molecular weight excluding hydrogens is 408 g/mol. The Balaban J connectivity index is 1.82. The van der Waals surface area contributed by atoms with E-state index >= 15 is 0 Å². The Morgan fingerprint density at radius 1 is 0.969 bits per heavy atom. The van der Waals surface area contributed by atoms with E-state index in [-0.39, 0.29) is 17.3 Å². The van der Waals surface area contributed by atoms with Gasteiger partial charge in [-0.2, -0.15) is 0 Å². The number of nitro groups is 1. The van der Waals surface area contributed by atoms with Gasteiger partial charge in [0, 0.05) is 6.20 Å². The average Bonchev–Trinajstić information content (AvgIpc) is 2.84. The Kier molecular flexibility index (Phi) is 6.17. The van der Waals surface area contributed by atoms with Crippen LogP contribution < -0.4 is 15.0 Å². The number of rotatable bonds is 8. The predicted molar refractivity (Wildman–Crippen MR) is 121 cm³/mol. The first kappa shape index (κ1) is 20.7. The van der Waals surface area contributed by atoms with Gasteiger partial charge in [-0.05, 0) is 29.8 Å². The van der Waals surface area contributed by atoms with Crippen LogP contribution in [-0.2, 0) is 6.54 Å². The fraction of sp³-hybridized carbons (Fsp3) is 0.0870. The molecule has 0 unspecified atom stereocenters. The second-order valence-corrected chi connectivity index (χ2v) is 6.74. The first-order valence-corrected chi connectivity index (χ1v) is 9.79. The van der Waals surface area contributed by atoms with E-state index in [4.69, 9.17) is 4.74 Å². The Morgan fingerprint density at radius 2 is 1.72 bits per heavy atom. The van der Waals surface area contributed by atoms with Gasteiger partial charge in [0.1, 0.15) is 17.9 Å². The van der Waals surface area contributed by atoms with E-state index in [0.717, 1.165) is 5.56 Å². The van der Waals surface area contributed by atoms with Crippen LogP contribution in [-0.4, -0.2) is 27.0 Å².